The van der Waals surface area contributed by atoms with Crippen molar-refractivity contribution in [1.82, 2.24) is 15.0 Å². The van der Waals surface area contributed by atoms with Crippen molar-refractivity contribution in [2.24, 2.45) is 0 Å². The number of hydrogen-bond donors (Lipinski definition) is 0. The molecule has 2 aromatic heterocycles. The molecule has 4 nitrogen and oxygen atoms in total. The van der Waals surface area contributed by atoms with Gasteiger partial charge in [-0.15, -0.1) is 0 Å². The molecule has 0 aliphatic heterocycles. The van der Waals surface area contributed by atoms with Gasteiger partial charge in [-0.25, -0.2) is 9.97 Å². The van der Waals surface area contributed by atoms with Gasteiger partial charge in [-0.05, 0) is 34.7 Å². The standard InChI is InChI=1S/C11H10IN3O/c12-9-7-14-11(15-8-9)16-6-4-10-3-1-2-5-13-10/h1-3,5,7-8H,4,6H2. The molecule has 0 aliphatic rings. The van der Waals surface area contributed by atoms with Crippen LogP contribution in [0.5, 0.6) is 6.01 Å². The Kier molecular flexibility index (Phi) is 4.03. The van der Waals surface area contributed by atoms with Crippen LogP contribution in [0.1, 0.15) is 5.69 Å². The van der Waals surface area contributed by atoms with Gasteiger partial charge in [0.25, 0.3) is 0 Å². The highest BCUT2D eigenvalue weighted by molar-refractivity contribution is 14.1. The topological polar surface area (TPSA) is 47.9 Å². The Hall–Kier alpha value is -1.24. The fraction of sp³-hybridized carbons (Fsp3) is 0.182. The second-order valence-electron chi connectivity index (χ2n) is 3.10. The first-order valence-electron chi connectivity index (χ1n) is 4.85. The molecule has 0 saturated carbocycles. The second-order valence-corrected chi connectivity index (χ2v) is 4.35. The molecule has 0 amide bonds. The van der Waals surface area contributed by atoms with Crippen LogP contribution in [0, 0.1) is 3.57 Å². The van der Waals surface area contributed by atoms with Gasteiger partial charge in [0.2, 0.25) is 0 Å². The second kappa shape index (κ2) is 5.74. The Morgan fingerprint density at radius 1 is 1.12 bits per heavy atom. The van der Waals surface area contributed by atoms with Gasteiger partial charge < -0.3 is 4.74 Å². The largest absolute Gasteiger partial charge is 0.463 e. The van der Waals surface area contributed by atoms with Gasteiger partial charge in [0.15, 0.2) is 0 Å². The summed E-state index contributed by atoms with van der Waals surface area (Å²) in [6.07, 6.45) is 5.99. The van der Waals surface area contributed by atoms with Gasteiger partial charge in [-0.1, -0.05) is 6.07 Å². The van der Waals surface area contributed by atoms with Crippen LogP contribution in [0.2, 0.25) is 0 Å². The van der Waals surface area contributed by atoms with E-state index in [1.165, 1.54) is 0 Å². The van der Waals surface area contributed by atoms with Gasteiger partial charge in [-0.3, -0.25) is 4.98 Å². The SMILES string of the molecule is Ic1cnc(OCCc2ccccn2)nc1. The van der Waals surface area contributed by atoms with Crippen molar-refractivity contribution in [3.8, 4) is 6.01 Å². The minimum absolute atomic E-state index is 0.413. The van der Waals surface area contributed by atoms with Crippen LogP contribution >= 0.6 is 22.6 Å². The van der Waals surface area contributed by atoms with Crippen LogP contribution in [0.25, 0.3) is 0 Å². The maximum Gasteiger partial charge on any atom is 0.316 e. The monoisotopic (exact) mass is 327 g/mol. The number of rotatable bonds is 4. The molecule has 5 heteroatoms. The van der Waals surface area contributed by atoms with Crippen molar-refractivity contribution in [2.75, 3.05) is 6.61 Å². The van der Waals surface area contributed by atoms with E-state index in [-0.39, 0.29) is 0 Å². The lowest BCUT2D eigenvalue weighted by Gasteiger charge is -2.03. The van der Waals surface area contributed by atoms with Crippen molar-refractivity contribution in [1.29, 1.82) is 0 Å². The van der Waals surface area contributed by atoms with Crippen LogP contribution in [0.15, 0.2) is 36.8 Å². The van der Waals surface area contributed by atoms with E-state index in [0.717, 1.165) is 15.7 Å². The van der Waals surface area contributed by atoms with Crippen LogP contribution in [-0.4, -0.2) is 21.6 Å². The quantitative estimate of drug-likeness (QED) is 0.807. The van der Waals surface area contributed by atoms with Gasteiger partial charge in [0, 0.05) is 34.3 Å². The highest BCUT2D eigenvalue weighted by Gasteiger charge is 1.98. The first-order chi connectivity index (χ1) is 7.84. The van der Waals surface area contributed by atoms with E-state index >= 15 is 0 Å². The number of hydrogen-bond acceptors (Lipinski definition) is 4. The summed E-state index contributed by atoms with van der Waals surface area (Å²) < 4.78 is 6.39. The lowest BCUT2D eigenvalue weighted by atomic mass is 10.3. The van der Waals surface area contributed by atoms with Crippen LogP contribution in [0.4, 0.5) is 0 Å². The molecule has 0 unspecified atom stereocenters. The number of nitrogens with zero attached hydrogens (tertiary/aromatic N) is 3. The number of pyridine rings is 1. The highest BCUT2D eigenvalue weighted by Crippen LogP contribution is 2.05. The third-order valence-corrected chi connectivity index (χ3v) is 2.47. The van der Waals surface area contributed by atoms with Gasteiger partial charge in [0.1, 0.15) is 0 Å². The van der Waals surface area contributed by atoms with Crippen LogP contribution in [-0.2, 0) is 6.42 Å². The zero-order valence-corrected chi connectivity index (χ0v) is 10.7. The summed E-state index contributed by atoms with van der Waals surface area (Å²) in [5, 5.41) is 0. The molecule has 16 heavy (non-hydrogen) atoms. The Morgan fingerprint density at radius 2 is 1.94 bits per heavy atom. The summed E-state index contributed by atoms with van der Waals surface area (Å²) in [6.45, 7) is 0.539. The molecule has 0 bridgehead atoms. The fourth-order valence-electron chi connectivity index (χ4n) is 1.17. The average Bonchev–Trinajstić information content (AvgIpc) is 2.33. The molecule has 2 aromatic rings. The maximum atomic E-state index is 5.40. The van der Waals surface area contributed by atoms with E-state index in [1.807, 2.05) is 18.2 Å². The molecule has 0 aromatic carbocycles. The maximum absolute atomic E-state index is 5.40. The van der Waals surface area contributed by atoms with Crippen molar-refractivity contribution in [2.45, 2.75) is 6.42 Å². The summed E-state index contributed by atoms with van der Waals surface area (Å²) in [7, 11) is 0. The van der Waals surface area contributed by atoms with E-state index in [1.54, 1.807) is 18.6 Å². The van der Waals surface area contributed by atoms with Crippen LogP contribution in [0.3, 0.4) is 0 Å². The first-order valence-corrected chi connectivity index (χ1v) is 5.93. The molecule has 0 radical (unpaired) electrons. The van der Waals surface area contributed by atoms with E-state index < -0.39 is 0 Å². The van der Waals surface area contributed by atoms with E-state index in [0.29, 0.717) is 12.6 Å². The third-order valence-electron chi connectivity index (χ3n) is 1.91. The number of ether oxygens (including phenoxy) is 1. The van der Waals surface area contributed by atoms with Crippen molar-refractivity contribution in [3.05, 3.63) is 46.1 Å². The zero-order valence-electron chi connectivity index (χ0n) is 8.51. The third kappa shape index (κ3) is 3.41. The molecule has 0 N–H and O–H groups in total. The molecule has 0 spiro atoms. The Balaban J connectivity index is 1.82. The van der Waals surface area contributed by atoms with E-state index in [4.69, 9.17) is 4.74 Å². The minimum atomic E-state index is 0.413. The van der Waals surface area contributed by atoms with Gasteiger partial charge in [-0.2, -0.15) is 0 Å². The molecule has 0 aliphatic carbocycles. The highest BCUT2D eigenvalue weighted by atomic mass is 127. The van der Waals surface area contributed by atoms with Gasteiger partial charge >= 0.3 is 6.01 Å². The van der Waals surface area contributed by atoms with E-state index in [9.17, 15) is 0 Å². The molecule has 0 saturated heterocycles. The Morgan fingerprint density at radius 3 is 2.62 bits per heavy atom. The Labute approximate surface area is 107 Å². The molecular formula is C11H10IN3O. The van der Waals surface area contributed by atoms with Crippen molar-refractivity contribution < 1.29 is 4.74 Å². The number of halogens is 1. The molecule has 0 atom stereocenters. The molecule has 82 valence electrons. The lowest BCUT2D eigenvalue weighted by molar-refractivity contribution is 0.295. The smallest absolute Gasteiger partial charge is 0.316 e. The Bertz CT molecular complexity index is 433. The zero-order chi connectivity index (χ0) is 11.2. The van der Waals surface area contributed by atoms with Crippen LogP contribution < -0.4 is 4.74 Å². The fourth-order valence-corrected chi connectivity index (χ4v) is 1.45. The molecular weight excluding hydrogens is 317 g/mol. The van der Waals surface area contributed by atoms with Crippen molar-refractivity contribution >= 4 is 22.6 Å². The van der Waals surface area contributed by atoms with Gasteiger partial charge in [0.05, 0.1) is 6.61 Å². The number of aromatic nitrogens is 3. The summed E-state index contributed by atoms with van der Waals surface area (Å²) in [5.74, 6) is 0. The van der Waals surface area contributed by atoms with E-state index in [2.05, 4.69) is 37.5 Å². The molecule has 2 rings (SSSR count). The van der Waals surface area contributed by atoms with Crippen molar-refractivity contribution in [3.63, 3.8) is 0 Å². The summed E-state index contributed by atoms with van der Waals surface area (Å²) in [6, 6.07) is 6.24. The predicted octanol–water partition coefficient (Wildman–Crippen LogP) is 2.10. The first kappa shape index (κ1) is 11.3. The predicted molar refractivity (Wildman–Crippen MR) is 68.2 cm³/mol. The molecule has 0 fully saturated rings. The lowest BCUT2D eigenvalue weighted by Crippen LogP contribution is -2.05. The normalized spacial score (nSPS) is 10.1. The molecule has 2 heterocycles. The summed E-state index contributed by atoms with van der Waals surface area (Å²) in [4.78, 5) is 12.3. The average molecular weight is 327 g/mol. The summed E-state index contributed by atoms with van der Waals surface area (Å²) >= 11 is 2.15. The summed E-state index contributed by atoms with van der Waals surface area (Å²) in [5.41, 5.74) is 1.01. The minimum Gasteiger partial charge on any atom is -0.463 e.